The Labute approximate surface area is 154 Å². The number of nitrogens with zero attached hydrogens (tertiary/aromatic N) is 3. The van der Waals surface area contributed by atoms with Gasteiger partial charge in [-0.2, -0.15) is 0 Å². The van der Waals surface area contributed by atoms with Gasteiger partial charge in [-0.15, -0.1) is 0 Å². The summed E-state index contributed by atoms with van der Waals surface area (Å²) in [6.45, 7) is 7.35. The number of aryl methyl sites for hydroxylation is 1. The first-order chi connectivity index (χ1) is 12.8. The third-order valence-corrected chi connectivity index (χ3v) is 5.09. The molecule has 1 N–H and O–H groups in total. The lowest BCUT2D eigenvalue weighted by Crippen LogP contribution is -2.28. The fourth-order valence-electron chi connectivity index (χ4n) is 3.68. The van der Waals surface area contributed by atoms with Gasteiger partial charge in [-0.1, -0.05) is 18.2 Å². The maximum absolute atomic E-state index is 5.43. The number of imidazole rings is 1. The summed E-state index contributed by atoms with van der Waals surface area (Å²) < 4.78 is 7.68. The van der Waals surface area contributed by atoms with Crippen molar-refractivity contribution in [1.82, 2.24) is 19.6 Å². The van der Waals surface area contributed by atoms with E-state index in [1.54, 1.807) is 7.11 Å². The Morgan fingerprint density at radius 2 is 2.08 bits per heavy atom. The van der Waals surface area contributed by atoms with E-state index in [1.807, 2.05) is 12.1 Å². The van der Waals surface area contributed by atoms with Crippen LogP contribution in [-0.4, -0.2) is 47.6 Å². The molecule has 136 valence electrons. The Morgan fingerprint density at radius 1 is 1.15 bits per heavy atom. The Morgan fingerprint density at radius 3 is 2.96 bits per heavy atom. The first-order valence-electron chi connectivity index (χ1n) is 9.30. The molecule has 26 heavy (non-hydrogen) atoms. The highest BCUT2D eigenvalue weighted by Gasteiger charge is 2.19. The zero-order valence-corrected chi connectivity index (χ0v) is 15.5. The van der Waals surface area contributed by atoms with Crippen molar-refractivity contribution in [2.45, 2.75) is 19.9 Å². The molecule has 0 radical (unpaired) electrons. The van der Waals surface area contributed by atoms with Gasteiger partial charge in [-0.3, -0.25) is 4.90 Å². The average Bonchev–Trinajstić information content (AvgIpc) is 2.85. The fourth-order valence-corrected chi connectivity index (χ4v) is 3.68. The summed E-state index contributed by atoms with van der Waals surface area (Å²) in [7, 11) is 1.71. The number of benzene rings is 1. The van der Waals surface area contributed by atoms with E-state index in [2.05, 4.69) is 52.0 Å². The lowest BCUT2D eigenvalue weighted by atomic mass is 10.1. The Balaban J connectivity index is 1.81. The molecule has 1 saturated heterocycles. The second-order valence-corrected chi connectivity index (χ2v) is 6.90. The van der Waals surface area contributed by atoms with Crippen LogP contribution in [0.15, 0.2) is 42.6 Å². The first kappa shape index (κ1) is 17.1. The van der Waals surface area contributed by atoms with Crippen molar-refractivity contribution in [2.75, 3.05) is 33.3 Å². The van der Waals surface area contributed by atoms with Crippen LogP contribution in [0.1, 0.15) is 17.7 Å². The third kappa shape index (κ3) is 3.32. The number of hydrogen-bond acceptors (Lipinski definition) is 4. The molecule has 0 atom stereocenters. The smallest absolute Gasteiger partial charge is 0.140 e. The van der Waals surface area contributed by atoms with Gasteiger partial charge in [0.15, 0.2) is 0 Å². The van der Waals surface area contributed by atoms with E-state index >= 15 is 0 Å². The Kier molecular flexibility index (Phi) is 4.91. The van der Waals surface area contributed by atoms with Crippen LogP contribution in [0.4, 0.5) is 0 Å². The number of nitrogens with one attached hydrogen (secondary N) is 1. The van der Waals surface area contributed by atoms with Gasteiger partial charge in [0.25, 0.3) is 0 Å². The normalized spacial score (nSPS) is 15.9. The average molecular weight is 350 g/mol. The molecule has 3 heterocycles. The zero-order chi connectivity index (χ0) is 17.9. The van der Waals surface area contributed by atoms with Gasteiger partial charge in [-0.05, 0) is 50.2 Å². The predicted octanol–water partition coefficient (Wildman–Crippen LogP) is 3.11. The molecule has 0 aliphatic carbocycles. The summed E-state index contributed by atoms with van der Waals surface area (Å²) in [5, 5.41) is 3.48. The standard InChI is InChI=1S/C21H26N4O/c1-16-6-4-12-25-19(15-24-11-5-9-22-10-13-24)20(23-21(16)25)17-7-3-8-18(14-17)26-2/h3-4,6-8,12,14,22H,5,9-11,13,15H2,1-2H3. The minimum Gasteiger partial charge on any atom is -0.497 e. The van der Waals surface area contributed by atoms with Crippen molar-refractivity contribution in [1.29, 1.82) is 0 Å². The van der Waals surface area contributed by atoms with E-state index < -0.39 is 0 Å². The number of pyridine rings is 1. The van der Waals surface area contributed by atoms with E-state index in [1.165, 1.54) is 17.7 Å². The number of hydrogen-bond donors (Lipinski definition) is 1. The van der Waals surface area contributed by atoms with Gasteiger partial charge >= 0.3 is 0 Å². The van der Waals surface area contributed by atoms with Crippen LogP contribution < -0.4 is 10.1 Å². The van der Waals surface area contributed by atoms with Gasteiger partial charge in [0.1, 0.15) is 11.4 Å². The number of ether oxygens (including phenoxy) is 1. The van der Waals surface area contributed by atoms with Gasteiger partial charge in [0, 0.05) is 31.4 Å². The van der Waals surface area contributed by atoms with Crippen molar-refractivity contribution in [3.63, 3.8) is 0 Å². The maximum atomic E-state index is 5.43. The molecule has 0 unspecified atom stereocenters. The van der Waals surface area contributed by atoms with Crippen LogP contribution in [0, 0.1) is 6.92 Å². The minimum atomic E-state index is 0.862. The zero-order valence-electron chi connectivity index (χ0n) is 15.5. The molecule has 3 aromatic rings. The second kappa shape index (κ2) is 7.48. The molecule has 1 aromatic carbocycles. The molecule has 1 aliphatic rings. The summed E-state index contributed by atoms with van der Waals surface area (Å²) >= 11 is 0. The fraction of sp³-hybridized carbons (Fsp3) is 0.381. The van der Waals surface area contributed by atoms with E-state index in [9.17, 15) is 0 Å². The monoisotopic (exact) mass is 350 g/mol. The molecule has 0 bridgehead atoms. The molecule has 0 spiro atoms. The number of aromatic nitrogens is 2. The molecule has 5 heteroatoms. The third-order valence-electron chi connectivity index (χ3n) is 5.09. The second-order valence-electron chi connectivity index (χ2n) is 6.90. The van der Waals surface area contributed by atoms with Crippen molar-refractivity contribution < 1.29 is 4.74 Å². The molecule has 5 nitrogen and oxygen atoms in total. The maximum Gasteiger partial charge on any atom is 0.140 e. The van der Waals surface area contributed by atoms with Gasteiger partial charge in [0.2, 0.25) is 0 Å². The summed E-state index contributed by atoms with van der Waals surface area (Å²) in [5.41, 5.74) is 5.64. The van der Waals surface area contributed by atoms with E-state index in [0.717, 1.165) is 55.4 Å². The Hall–Kier alpha value is -2.37. The van der Waals surface area contributed by atoms with Crippen molar-refractivity contribution in [3.8, 4) is 17.0 Å². The van der Waals surface area contributed by atoms with Gasteiger partial charge in [0.05, 0.1) is 18.5 Å². The van der Waals surface area contributed by atoms with Crippen molar-refractivity contribution >= 4 is 5.65 Å². The van der Waals surface area contributed by atoms with E-state index in [4.69, 9.17) is 9.72 Å². The van der Waals surface area contributed by atoms with Gasteiger partial charge in [-0.25, -0.2) is 4.98 Å². The van der Waals surface area contributed by atoms with Crippen LogP contribution in [0.25, 0.3) is 16.9 Å². The largest absolute Gasteiger partial charge is 0.497 e. The molecule has 1 aliphatic heterocycles. The van der Waals surface area contributed by atoms with Crippen LogP contribution in [0.5, 0.6) is 5.75 Å². The first-order valence-corrected chi connectivity index (χ1v) is 9.30. The van der Waals surface area contributed by atoms with Crippen molar-refractivity contribution in [3.05, 3.63) is 53.9 Å². The lowest BCUT2D eigenvalue weighted by Gasteiger charge is -2.20. The van der Waals surface area contributed by atoms with Crippen LogP contribution in [-0.2, 0) is 6.54 Å². The van der Waals surface area contributed by atoms with E-state index in [0.29, 0.717) is 0 Å². The molecule has 0 amide bonds. The van der Waals surface area contributed by atoms with E-state index in [-0.39, 0.29) is 0 Å². The molecule has 4 rings (SSSR count). The van der Waals surface area contributed by atoms with Crippen LogP contribution >= 0.6 is 0 Å². The predicted molar refractivity (Wildman–Crippen MR) is 105 cm³/mol. The SMILES string of the molecule is COc1cccc(-c2nc3c(C)cccn3c2CN2CCCNCC2)c1. The lowest BCUT2D eigenvalue weighted by molar-refractivity contribution is 0.281. The highest BCUT2D eigenvalue weighted by Crippen LogP contribution is 2.29. The Bertz CT molecular complexity index is 894. The topological polar surface area (TPSA) is 41.8 Å². The summed E-state index contributed by atoms with van der Waals surface area (Å²) in [6.07, 6.45) is 3.31. The molecular weight excluding hydrogens is 324 g/mol. The number of methoxy groups -OCH3 is 1. The summed E-state index contributed by atoms with van der Waals surface area (Å²) in [5.74, 6) is 0.862. The molecular formula is C21H26N4O. The summed E-state index contributed by atoms with van der Waals surface area (Å²) in [4.78, 5) is 7.54. The van der Waals surface area contributed by atoms with Crippen LogP contribution in [0.2, 0.25) is 0 Å². The number of fused-ring (bicyclic) bond motifs is 1. The molecule has 0 saturated carbocycles. The summed E-state index contributed by atoms with van der Waals surface area (Å²) in [6, 6.07) is 12.4. The number of rotatable bonds is 4. The molecule has 1 fully saturated rings. The highest BCUT2D eigenvalue weighted by molar-refractivity contribution is 5.69. The van der Waals surface area contributed by atoms with Gasteiger partial charge < -0.3 is 14.5 Å². The molecule has 2 aromatic heterocycles. The quantitative estimate of drug-likeness (QED) is 0.785. The highest BCUT2D eigenvalue weighted by atomic mass is 16.5. The van der Waals surface area contributed by atoms with Crippen molar-refractivity contribution in [2.24, 2.45) is 0 Å². The minimum absolute atomic E-state index is 0.862. The van der Waals surface area contributed by atoms with Crippen LogP contribution in [0.3, 0.4) is 0 Å².